The monoisotopic (exact) mass is 376 g/mol. The highest BCUT2D eigenvalue weighted by Gasteiger charge is 2.32. The Bertz CT molecular complexity index is 875. The first kappa shape index (κ1) is 18.8. The SMILES string of the molecule is C[C@@H]1Oc2ccccc2N(CC(=O)NC[C@@H](O)c2ccc(F)c(F)c2)C1=O. The third-order valence-electron chi connectivity index (χ3n) is 4.20. The molecule has 2 N–H and O–H groups in total. The Morgan fingerprint density at radius 1 is 1.26 bits per heavy atom. The second kappa shape index (κ2) is 7.71. The molecule has 0 aromatic heterocycles. The van der Waals surface area contributed by atoms with E-state index in [1.807, 2.05) is 0 Å². The molecule has 1 aliphatic heterocycles. The maximum atomic E-state index is 13.2. The largest absolute Gasteiger partial charge is 0.479 e. The van der Waals surface area contributed by atoms with Crippen LogP contribution in [0.3, 0.4) is 0 Å². The zero-order valence-corrected chi connectivity index (χ0v) is 14.5. The standard InChI is InChI=1S/C19H18F2N2O4/c1-11-19(26)23(15-4-2-3-5-17(15)27-11)10-18(25)22-9-16(24)12-6-7-13(20)14(21)8-12/h2-8,11,16,24H,9-10H2,1H3,(H,22,25)/t11-,16+/m0/s1. The van der Waals surface area contributed by atoms with Crippen molar-refractivity contribution >= 4 is 17.5 Å². The van der Waals surface area contributed by atoms with Gasteiger partial charge in [-0.1, -0.05) is 18.2 Å². The van der Waals surface area contributed by atoms with Crippen molar-refractivity contribution in [1.82, 2.24) is 5.32 Å². The normalized spacial score (nSPS) is 17.1. The van der Waals surface area contributed by atoms with E-state index in [2.05, 4.69) is 5.32 Å². The number of halogens is 2. The minimum Gasteiger partial charge on any atom is -0.479 e. The van der Waals surface area contributed by atoms with Gasteiger partial charge >= 0.3 is 0 Å². The van der Waals surface area contributed by atoms with Crippen molar-refractivity contribution in [3.05, 3.63) is 59.7 Å². The van der Waals surface area contributed by atoms with E-state index in [-0.39, 0.29) is 24.6 Å². The Labute approximate surface area is 154 Å². The molecule has 0 bridgehead atoms. The molecule has 3 rings (SSSR count). The molecule has 2 aromatic rings. The van der Waals surface area contributed by atoms with Gasteiger partial charge in [0.25, 0.3) is 5.91 Å². The number of carbonyl (C=O) groups excluding carboxylic acids is 2. The summed E-state index contributed by atoms with van der Waals surface area (Å²) in [5.74, 6) is -2.46. The molecule has 2 aromatic carbocycles. The summed E-state index contributed by atoms with van der Waals surface area (Å²) in [5.41, 5.74) is 0.618. The zero-order chi connectivity index (χ0) is 19.6. The van der Waals surface area contributed by atoms with Crippen LogP contribution in [-0.2, 0) is 9.59 Å². The molecule has 2 amide bonds. The average molecular weight is 376 g/mol. The number of aliphatic hydroxyl groups is 1. The van der Waals surface area contributed by atoms with E-state index >= 15 is 0 Å². The highest BCUT2D eigenvalue weighted by atomic mass is 19.2. The van der Waals surface area contributed by atoms with Crippen LogP contribution in [0.15, 0.2) is 42.5 Å². The fourth-order valence-electron chi connectivity index (χ4n) is 2.77. The third kappa shape index (κ3) is 4.06. The van der Waals surface area contributed by atoms with Gasteiger partial charge < -0.3 is 15.2 Å². The van der Waals surface area contributed by atoms with Crippen molar-refractivity contribution in [2.75, 3.05) is 18.0 Å². The van der Waals surface area contributed by atoms with Crippen LogP contribution >= 0.6 is 0 Å². The summed E-state index contributed by atoms with van der Waals surface area (Å²) in [6.07, 6.45) is -1.93. The van der Waals surface area contributed by atoms with Gasteiger partial charge in [-0.3, -0.25) is 14.5 Å². The van der Waals surface area contributed by atoms with Gasteiger partial charge in [0.2, 0.25) is 5.91 Å². The maximum Gasteiger partial charge on any atom is 0.268 e. The highest BCUT2D eigenvalue weighted by Crippen LogP contribution is 2.33. The number of hydrogen-bond acceptors (Lipinski definition) is 4. The van der Waals surface area contributed by atoms with E-state index in [1.54, 1.807) is 31.2 Å². The summed E-state index contributed by atoms with van der Waals surface area (Å²) >= 11 is 0. The minimum atomic E-state index is -1.21. The topological polar surface area (TPSA) is 78.9 Å². The van der Waals surface area contributed by atoms with Gasteiger partial charge in [-0.05, 0) is 36.8 Å². The number of para-hydroxylation sites is 2. The first-order valence-corrected chi connectivity index (χ1v) is 8.33. The van der Waals surface area contributed by atoms with E-state index < -0.39 is 29.7 Å². The highest BCUT2D eigenvalue weighted by molar-refractivity contribution is 6.03. The molecule has 0 radical (unpaired) electrons. The van der Waals surface area contributed by atoms with Crippen LogP contribution in [0.25, 0.3) is 0 Å². The second-order valence-corrected chi connectivity index (χ2v) is 6.15. The first-order chi connectivity index (χ1) is 12.9. The number of hydrogen-bond donors (Lipinski definition) is 2. The average Bonchev–Trinajstić information content (AvgIpc) is 2.65. The van der Waals surface area contributed by atoms with Crippen LogP contribution in [0.1, 0.15) is 18.6 Å². The van der Waals surface area contributed by atoms with Crippen molar-refractivity contribution in [3.63, 3.8) is 0 Å². The molecule has 1 heterocycles. The zero-order valence-electron chi connectivity index (χ0n) is 14.5. The number of fused-ring (bicyclic) bond motifs is 1. The fourth-order valence-corrected chi connectivity index (χ4v) is 2.77. The number of aliphatic hydroxyl groups excluding tert-OH is 1. The lowest BCUT2D eigenvalue weighted by molar-refractivity contribution is -0.128. The Morgan fingerprint density at radius 3 is 2.74 bits per heavy atom. The molecule has 6 nitrogen and oxygen atoms in total. The van der Waals surface area contributed by atoms with Crippen LogP contribution in [0.4, 0.5) is 14.5 Å². The number of amides is 2. The summed E-state index contributed by atoms with van der Waals surface area (Å²) in [7, 11) is 0. The van der Waals surface area contributed by atoms with Crippen LogP contribution in [-0.4, -0.2) is 36.1 Å². The predicted molar refractivity (Wildman–Crippen MR) is 93.2 cm³/mol. The summed E-state index contributed by atoms with van der Waals surface area (Å²) in [4.78, 5) is 25.9. The summed E-state index contributed by atoms with van der Waals surface area (Å²) < 4.78 is 31.7. The quantitative estimate of drug-likeness (QED) is 0.836. The summed E-state index contributed by atoms with van der Waals surface area (Å²) in [6, 6.07) is 9.87. The van der Waals surface area contributed by atoms with E-state index in [4.69, 9.17) is 4.74 Å². The van der Waals surface area contributed by atoms with E-state index in [0.29, 0.717) is 11.4 Å². The maximum absolute atomic E-state index is 13.2. The molecule has 0 saturated heterocycles. The van der Waals surface area contributed by atoms with Gasteiger partial charge in [-0.2, -0.15) is 0 Å². The van der Waals surface area contributed by atoms with Crippen molar-refractivity contribution in [2.45, 2.75) is 19.1 Å². The van der Waals surface area contributed by atoms with Gasteiger partial charge in [-0.25, -0.2) is 8.78 Å². The number of nitrogens with one attached hydrogen (secondary N) is 1. The number of rotatable bonds is 5. The van der Waals surface area contributed by atoms with Crippen LogP contribution < -0.4 is 15.0 Å². The molecule has 27 heavy (non-hydrogen) atoms. The van der Waals surface area contributed by atoms with Crippen LogP contribution in [0, 0.1) is 11.6 Å². The Balaban J connectivity index is 1.63. The first-order valence-electron chi connectivity index (χ1n) is 8.33. The Kier molecular flexibility index (Phi) is 5.36. The van der Waals surface area contributed by atoms with Crippen molar-refractivity contribution in [3.8, 4) is 5.75 Å². The Morgan fingerprint density at radius 2 is 2.00 bits per heavy atom. The van der Waals surface area contributed by atoms with Crippen molar-refractivity contribution in [1.29, 1.82) is 0 Å². The van der Waals surface area contributed by atoms with Gasteiger partial charge in [0.05, 0.1) is 11.8 Å². The predicted octanol–water partition coefficient (Wildman–Crippen LogP) is 1.93. The van der Waals surface area contributed by atoms with E-state index in [1.165, 1.54) is 11.0 Å². The van der Waals surface area contributed by atoms with Crippen molar-refractivity contribution < 1.29 is 28.2 Å². The number of carbonyl (C=O) groups is 2. The molecule has 0 saturated carbocycles. The molecule has 0 unspecified atom stereocenters. The van der Waals surface area contributed by atoms with Crippen LogP contribution in [0.2, 0.25) is 0 Å². The number of anilines is 1. The molecule has 2 atom stereocenters. The lowest BCUT2D eigenvalue weighted by atomic mass is 10.1. The molecule has 1 aliphatic rings. The molecular formula is C19H18F2N2O4. The summed E-state index contributed by atoms with van der Waals surface area (Å²) in [6.45, 7) is 1.13. The second-order valence-electron chi connectivity index (χ2n) is 6.15. The Hall–Kier alpha value is -3.00. The van der Waals surface area contributed by atoms with Crippen LogP contribution in [0.5, 0.6) is 5.75 Å². The third-order valence-corrected chi connectivity index (χ3v) is 4.20. The van der Waals surface area contributed by atoms with E-state index in [0.717, 1.165) is 12.1 Å². The molecule has 0 fully saturated rings. The number of benzene rings is 2. The molecule has 8 heteroatoms. The molecule has 0 spiro atoms. The molecular weight excluding hydrogens is 358 g/mol. The van der Waals surface area contributed by atoms with Gasteiger partial charge in [0, 0.05) is 6.54 Å². The lowest BCUT2D eigenvalue weighted by Gasteiger charge is -2.32. The van der Waals surface area contributed by atoms with Crippen molar-refractivity contribution in [2.24, 2.45) is 0 Å². The molecule has 0 aliphatic carbocycles. The smallest absolute Gasteiger partial charge is 0.268 e. The van der Waals surface area contributed by atoms with Gasteiger partial charge in [-0.15, -0.1) is 0 Å². The minimum absolute atomic E-state index is 0.135. The fraction of sp³-hybridized carbons (Fsp3) is 0.263. The van der Waals surface area contributed by atoms with E-state index in [9.17, 15) is 23.5 Å². The molecule has 142 valence electrons. The number of ether oxygens (including phenoxy) is 1. The van der Waals surface area contributed by atoms with Gasteiger partial charge in [0.15, 0.2) is 17.7 Å². The number of nitrogens with zero attached hydrogens (tertiary/aromatic N) is 1. The van der Waals surface area contributed by atoms with Gasteiger partial charge in [0.1, 0.15) is 12.3 Å². The summed E-state index contributed by atoms with van der Waals surface area (Å²) in [5, 5.41) is 12.5. The lowest BCUT2D eigenvalue weighted by Crippen LogP contribution is -2.49.